The highest BCUT2D eigenvalue weighted by atomic mass is 32.1. The summed E-state index contributed by atoms with van der Waals surface area (Å²) in [5.41, 5.74) is 3.69. The summed E-state index contributed by atoms with van der Waals surface area (Å²) in [6.07, 6.45) is 4.06. The third-order valence-electron chi connectivity index (χ3n) is 4.48. The number of aromatic nitrogens is 2. The zero-order valence-corrected chi connectivity index (χ0v) is 14.5. The van der Waals surface area contributed by atoms with E-state index in [4.69, 9.17) is 0 Å². The second-order valence-corrected chi connectivity index (χ2v) is 7.22. The quantitative estimate of drug-likeness (QED) is 0.766. The molecule has 0 spiro atoms. The summed E-state index contributed by atoms with van der Waals surface area (Å²) in [5.74, 6) is -0.472. The molecule has 128 valence electrons. The first-order valence-corrected chi connectivity index (χ1v) is 8.97. The van der Waals surface area contributed by atoms with Gasteiger partial charge in [-0.15, -0.1) is 11.3 Å². The molecule has 0 aliphatic heterocycles. The van der Waals surface area contributed by atoms with Gasteiger partial charge in [0.2, 0.25) is 0 Å². The van der Waals surface area contributed by atoms with E-state index in [-0.39, 0.29) is 11.1 Å². The van der Waals surface area contributed by atoms with Crippen LogP contribution in [0.1, 0.15) is 39.5 Å². The van der Waals surface area contributed by atoms with Gasteiger partial charge in [-0.05, 0) is 62.4 Å². The minimum absolute atomic E-state index is 0.252. The molecule has 1 aromatic carbocycles. The molecule has 0 bridgehead atoms. The molecule has 1 amide bonds. The van der Waals surface area contributed by atoms with Crippen molar-refractivity contribution in [1.29, 1.82) is 0 Å². The number of rotatable bonds is 2. The fourth-order valence-electron chi connectivity index (χ4n) is 3.21. The van der Waals surface area contributed by atoms with Crippen LogP contribution in [0, 0.1) is 12.7 Å². The van der Waals surface area contributed by atoms with Crippen LogP contribution in [0.4, 0.5) is 4.39 Å². The highest BCUT2D eigenvalue weighted by Gasteiger charge is 2.22. The molecule has 0 unspecified atom stereocenters. The normalized spacial score (nSPS) is 13.7. The van der Waals surface area contributed by atoms with Gasteiger partial charge in [0.15, 0.2) is 0 Å². The van der Waals surface area contributed by atoms with Crippen molar-refractivity contribution in [3.8, 4) is 0 Å². The smallest absolute Gasteiger partial charge is 0.267 e. The number of aryl methyl sites for hydroxylation is 3. The van der Waals surface area contributed by atoms with Crippen molar-refractivity contribution in [3.05, 3.63) is 62.3 Å². The summed E-state index contributed by atoms with van der Waals surface area (Å²) in [6, 6.07) is 5.18. The second kappa shape index (κ2) is 6.07. The van der Waals surface area contributed by atoms with Crippen molar-refractivity contribution < 1.29 is 9.18 Å². The maximum atomic E-state index is 13.0. The van der Waals surface area contributed by atoms with E-state index in [2.05, 4.69) is 10.4 Å². The number of benzene rings is 1. The number of amides is 1. The molecule has 5 nitrogen and oxygen atoms in total. The molecule has 1 N–H and O–H groups in total. The average molecular weight is 357 g/mol. The van der Waals surface area contributed by atoms with E-state index >= 15 is 0 Å². The molecule has 1 aliphatic rings. The molecule has 2 heterocycles. The van der Waals surface area contributed by atoms with E-state index in [1.165, 1.54) is 33.8 Å². The minimum atomic E-state index is -0.476. The Morgan fingerprint density at radius 3 is 2.72 bits per heavy atom. The van der Waals surface area contributed by atoms with Crippen LogP contribution in [0.3, 0.4) is 0 Å². The van der Waals surface area contributed by atoms with Gasteiger partial charge < -0.3 is 0 Å². The number of carbonyl (C=O) groups is 1. The maximum Gasteiger partial charge on any atom is 0.281 e. The van der Waals surface area contributed by atoms with Gasteiger partial charge in [0.25, 0.3) is 11.5 Å². The van der Waals surface area contributed by atoms with Crippen LogP contribution in [0.2, 0.25) is 0 Å². The third kappa shape index (κ3) is 2.74. The number of fused-ring (bicyclic) bond motifs is 3. The lowest BCUT2D eigenvalue weighted by atomic mass is 9.97. The van der Waals surface area contributed by atoms with E-state index in [9.17, 15) is 14.0 Å². The maximum absolute atomic E-state index is 13.0. The lowest BCUT2D eigenvalue weighted by molar-refractivity contribution is 0.101. The molecule has 0 fully saturated rings. The molecule has 1 aliphatic carbocycles. The predicted octanol–water partition coefficient (Wildman–Crippen LogP) is 3.17. The van der Waals surface area contributed by atoms with E-state index in [1.54, 1.807) is 18.3 Å². The summed E-state index contributed by atoms with van der Waals surface area (Å²) in [6.45, 7) is 1.69. The lowest BCUT2D eigenvalue weighted by Gasteiger charge is -2.13. The molecular weight excluding hydrogens is 341 g/mol. The third-order valence-corrected chi connectivity index (χ3v) is 5.66. The first kappa shape index (κ1) is 16.0. The highest BCUT2D eigenvalue weighted by Crippen LogP contribution is 2.33. The number of nitrogens with one attached hydrogen (secondary N) is 1. The Labute approximate surface area is 147 Å². The number of halogens is 1. The fourth-order valence-corrected chi connectivity index (χ4v) is 4.50. The summed E-state index contributed by atoms with van der Waals surface area (Å²) in [4.78, 5) is 31.8. The Morgan fingerprint density at radius 2 is 1.96 bits per heavy atom. The minimum Gasteiger partial charge on any atom is -0.267 e. The SMILES string of the molecule is Cc1nc2sc3c(c2c(=O)n1NC(=O)c1ccc(F)cc1)CCCC3. The average Bonchev–Trinajstić information content (AvgIpc) is 2.97. The van der Waals surface area contributed by atoms with Crippen molar-refractivity contribution >= 4 is 27.5 Å². The zero-order chi connectivity index (χ0) is 17.6. The molecule has 0 saturated carbocycles. The number of nitrogens with zero attached hydrogens (tertiary/aromatic N) is 2. The Morgan fingerprint density at radius 1 is 1.24 bits per heavy atom. The van der Waals surface area contributed by atoms with Crippen LogP contribution in [-0.2, 0) is 12.8 Å². The van der Waals surface area contributed by atoms with Gasteiger partial charge in [0, 0.05) is 10.4 Å². The lowest BCUT2D eigenvalue weighted by Crippen LogP contribution is -2.35. The molecular formula is C18H16FN3O2S. The van der Waals surface area contributed by atoms with Crippen molar-refractivity contribution in [3.63, 3.8) is 0 Å². The molecule has 0 radical (unpaired) electrons. The molecule has 4 rings (SSSR count). The number of carbonyl (C=O) groups excluding carboxylic acids is 1. The van der Waals surface area contributed by atoms with Crippen LogP contribution < -0.4 is 11.0 Å². The van der Waals surface area contributed by atoms with Gasteiger partial charge in [0.05, 0.1) is 5.39 Å². The van der Waals surface area contributed by atoms with E-state index in [1.807, 2.05) is 0 Å². The molecule has 0 saturated heterocycles. The van der Waals surface area contributed by atoms with Crippen LogP contribution >= 0.6 is 11.3 Å². The molecule has 2 aromatic heterocycles. The van der Waals surface area contributed by atoms with Crippen LogP contribution in [0.5, 0.6) is 0 Å². The van der Waals surface area contributed by atoms with Gasteiger partial charge in [-0.3, -0.25) is 15.0 Å². The van der Waals surface area contributed by atoms with Crippen molar-refractivity contribution in [2.75, 3.05) is 5.43 Å². The number of hydrogen-bond donors (Lipinski definition) is 1. The van der Waals surface area contributed by atoms with Crippen LogP contribution in [-0.4, -0.2) is 15.6 Å². The topological polar surface area (TPSA) is 64.0 Å². The summed E-state index contributed by atoms with van der Waals surface area (Å²) in [5, 5.41) is 0.615. The first-order valence-electron chi connectivity index (χ1n) is 8.15. The Hall–Kier alpha value is -2.54. The fraction of sp³-hybridized carbons (Fsp3) is 0.278. The zero-order valence-electron chi connectivity index (χ0n) is 13.6. The van der Waals surface area contributed by atoms with E-state index < -0.39 is 11.7 Å². The summed E-state index contributed by atoms with van der Waals surface area (Å²) < 4.78 is 14.2. The second-order valence-electron chi connectivity index (χ2n) is 6.14. The largest absolute Gasteiger partial charge is 0.281 e. The van der Waals surface area contributed by atoms with E-state index in [0.29, 0.717) is 11.2 Å². The van der Waals surface area contributed by atoms with Gasteiger partial charge in [-0.25, -0.2) is 14.1 Å². The van der Waals surface area contributed by atoms with E-state index in [0.717, 1.165) is 36.1 Å². The number of thiophene rings is 1. The Bertz CT molecular complexity index is 1040. The van der Waals surface area contributed by atoms with Crippen LogP contribution in [0.25, 0.3) is 10.2 Å². The summed E-state index contributed by atoms with van der Waals surface area (Å²) in [7, 11) is 0. The van der Waals surface area contributed by atoms with Gasteiger partial charge in [-0.1, -0.05) is 0 Å². The molecule has 25 heavy (non-hydrogen) atoms. The standard InChI is InChI=1S/C18H16FN3O2S/c1-10-20-17-15(13-4-2-3-5-14(13)25-17)18(24)22(10)21-16(23)11-6-8-12(19)9-7-11/h6-9H,2-5H2,1H3,(H,21,23). The molecule has 3 aromatic rings. The first-order chi connectivity index (χ1) is 12.0. The summed E-state index contributed by atoms with van der Waals surface area (Å²) >= 11 is 1.57. The predicted molar refractivity (Wildman–Crippen MR) is 95.4 cm³/mol. The Balaban J connectivity index is 1.78. The van der Waals surface area contributed by atoms with Gasteiger partial charge in [0.1, 0.15) is 16.5 Å². The van der Waals surface area contributed by atoms with Crippen molar-refractivity contribution in [1.82, 2.24) is 9.66 Å². The molecule has 0 atom stereocenters. The highest BCUT2D eigenvalue weighted by molar-refractivity contribution is 7.18. The molecule has 7 heteroatoms. The van der Waals surface area contributed by atoms with Crippen molar-refractivity contribution in [2.45, 2.75) is 32.6 Å². The number of hydrogen-bond acceptors (Lipinski definition) is 4. The van der Waals surface area contributed by atoms with Gasteiger partial charge in [-0.2, -0.15) is 0 Å². The monoisotopic (exact) mass is 357 g/mol. The van der Waals surface area contributed by atoms with Crippen molar-refractivity contribution in [2.24, 2.45) is 0 Å². The van der Waals surface area contributed by atoms with Crippen LogP contribution in [0.15, 0.2) is 29.1 Å². The Kier molecular flexibility index (Phi) is 3.88. The van der Waals surface area contributed by atoms with Gasteiger partial charge >= 0.3 is 0 Å².